The van der Waals surface area contributed by atoms with E-state index in [-0.39, 0.29) is 0 Å². The van der Waals surface area contributed by atoms with Gasteiger partial charge in [0, 0.05) is 25.1 Å². The molecule has 0 bridgehead atoms. The van der Waals surface area contributed by atoms with E-state index in [0.29, 0.717) is 0 Å². The van der Waals surface area contributed by atoms with Crippen LogP contribution in [0.1, 0.15) is 6.92 Å². The molecule has 4 nitrogen and oxygen atoms in total. The van der Waals surface area contributed by atoms with Gasteiger partial charge in [0.05, 0.1) is 5.69 Å². The van der Waals surface area contributed by atoms with Crippen molar-refractivity contribution in [2.24, 2.45) is 0 Å². The molecule has 2 aromatic rings. The van der Waals surface area contributed by atoms with Crippen LogP contribution in [-0.2, 0) is 0 Å². The van der Waals surface area contributed by atoms with E-state index in [2.05, 4.69) is 20.3 Å². The van der Waals surface area contributed by atoms with Gasteiger partial charge in [-0.3, -0.25) is 0 Å². The zero-order valence-electron chi connectivity index (χ0n) is 7.99. The van der Waals surface area contributed by atoms with Crippen LogP contribution in [0.3, 0.4) is 0 Å². The van der Waals surface area contributed by atoms with Crippen molar-refractivity contribution in [1.29, 1.82) is 0 Å². The number of hydrogen-bond acceptors (Lipinski definition) is 3. The molecule has 2 N–H and O–H groups in total. The second kappa shape index (κ2) is 3.91. The van der Waals surface area contributed by atoms with E-state index in [9.17, 15) is 0 Å². The lowest BCUT2D eigenvalue weighted by Crippen LogP contribution is -2.02. The summed E-state index contributed by atoms with van der Waals surface area (Å²) in [5, 5.41) is 3.17. The Hall–Kier alpha value is -1.84. The van der Waals surface area contributed by atoms with E-state index >= 15 is 0 Å². The molecular formula is C10H12N4. The van der Waals surface area contributed by atoms with Gasteiger partial charge in [0.15, 0.2) is 5.82 Å². The molecule has 0 saturated carbocycles. The molecule has 0 aliphatic carbocycles. The Kier molecular flexibility index (Phi) is 2.44. The van der Waals surface area contributed by atoms with Crippen molar-refractivity contribution in [2.75, 3.05) is 11.9 Å². The molecule has 2 heterocycles. The SMILES string of the molecule is CCNc1nccnc1-c1ccc[nH]1. The van der Waals surface area contributed by atoms with Crippen molar-refractivity contribution < 1.29 is 0 Å². The van der Waals surface area contributed by atoms with Crippen LogP contribution in [0.4, 0.5) is 5.82 Å². The molecule has 0 amide bonds. The van der Waals surface area contributed by atoms with Crippen molar-refractivity contribution in [3.63, 3.8) is 0 Å². The quantitative estimate of drug-likeness (QED) is 0.773. The van der Waals surface area contributed by atoms with Crippen LogP contribution in [0, 0.1) is 0 Å². The lowest BCUT2D eigenvalue weighted by molar-refractivity contribution is 1.12. The number of H-pyrrole nitrogens is 1. The first-order chi connectivity index (χ1) is 6.92. The van der Waals surface area contributed by atoms with Gasteiger partial charge in [-0.25, -0.2) is 9.97 Å². The fourth-order valence-corrected chi connectivity index (χ4v) is 1.31. The maximum Gasteiger partial charge on any atom is 0.154 e. The van der Waals surface area contributed by atoms with E-state index < -0.39 is 0 Å². The van der Waals surface area contributed by atoms with Crippen LogP contribution >= 0.6 is 0 Å². The van der Waals surface area contributed by atoms with Crippen molar-refractivity contribution >= 4 is 5.82 Å². The summed E-state index contributed by atoms with van der Waals surface area (Å²) in [5.74, 6) is 0.817. The van der Waals surface area contributed by atoms with Gasteiger partial charge in [-0.2, -0.15) is 0 Å². The number of aromatic nitrogens is 3. The first-order valence-electron chi connectivity index (χ1n) is 4.60. The molecule has 0 unspecified atom stereocenters. The minimum absolute atomic E-state index is 0.817. The van der Waals surface area contributed by atoms with Crippen LogP contribution in [0.5, 0.6) is 0 Å². The molecule has 0 saturated heterocycles. The van der Waals surface area contributed by atoms with Crippen molar-refractivity contribution in [3.8, 4) is 11.4 Å². The van der Waals surface area contributed by atoms with Crippen molar-refractivity contribution in [2.45, 2.75) is 6.92 Å². The summed E-state index contributed by atoms with van der Waals surface area (Å²) in [5.41, 5.74) is 1.84. The average Bonchev–Trinajstić information content (AvgIpc) is 2.72. The molecule has 0 spiro atoms. The first kappa shape index (κ1) is 8.74. The highest BCUT2D eigenvalue weighted by molar-refractivity contribution is 5.67. The Morgan fingerprint density at radius 1 is 1.36 bits per heavy atom. The number of rotatable bonds is 3. The number of anilines is 1. The summed E-state index contributed by atoms with van der Waals surface area (Å²) in [6.07, 6.45) is 5.25. The molecule has 2 aromatic heterocycles. The highest BCUT2D eigenvalue weighted by Gasteiger charge is 2.06. The van der Waals surface area contributed by atoms with Crippen molar-refractivity contribution in [3.05, 3.63) is 30.7 Å². The summed E-state index contributed by atoms with van der Waals surface area (Å²) in [6, 6.07) is 3.92. The highest BCUT2D eigenvalue weighted by atomic mass is 15.0. The molecule has 14 heavy (non-hydrogen) atoms. The summed E-state index contributed by atoms with van der Waals surface area (Å²) in [7, 11) is 0. The molecule has 0 fully saturated rings. The van der Waals surface area contributed by atoms with Gasteiger partial charge in [-0.1, -0.05) is 0 Å². The Balaban J connectivity index is 2.42. The Labute approximate surface area is 82.4 Å². The van der Waals surface area contributed by atoms with E-state index in [0.717, 1.165) is 23.8 Å². The molecule has 0 aliphatic heterocycles. The molecular weight excluding hydrogens is 176 g/mol. The molecule has 0 aliphatic rings. The van der Waals surface area contributed by atoms with Gasteiger partial charge in [0.2, 0.25) is 0 Å². The minimum atomic E-state index is 0.817. The van der Waals surface area contributed by atoms with Gasteiger partial charge >= 0.3 is 0 Å². The van der Waals surface area contributed by atoms with E-state index in [1.54, 1.807) is 12.4 Å². The minimum Gasteiger partial charge on any atom is -0.368 e. The number of hydrogen-bond donors (Lipinski definition) is 2. The summed E-state index contributed by atoms with van der Waals surface area (Å²) in [4.78, 5) is 11.6. The lowest BCUT2D eigenvalue weighted by Gasteiger charge is -2.05. The Bertz CT molecular complexity index is 394. The predicted octanol–water partition coefficient (Wildman–Crippen LogP) is 1.90. The third-order valence-corrected chi connectivity index (χ3v) is 1.90. The van der Waals surface area contributed by atoms with Crippen LogP contribution < -0.4 is 5.32 Å². The van der Waals surface area contributed by atoms with Gasteiger partial charge in [0.25, 0.3) is 0 Å². The van der Waals surface area contributed by atoms with Gasteiger partial charge < -0.3 is 10.3 Å². The van der Waals surface area contributed by atoms with Crippen LogP contribution in [-0.4, -0.2) is 21.5 Å². The van der Waals surface area contributed by atoms with Gasteiger partial charge in [-0.05, 0) is 19.1 Å². The Morgan fingerprint density at radius 3 is 2.93 bits per heavy atom. The maximum absolute atomic E-state index is 4.28. The van der Waals surface area contributed by atoms with Crippen LogP contribution in [0.25, 0.3) is 11.4 Å². The smallest absolute Gasteiger partial charge is 0.154 e. The molecule has 0 aromatic carbocycles. The second-order valence-electron chi connectivity index (χ2n) is 2.87. The molecule has 2 rings (SSSR count). The number of aromatic amines is 1. The van der Waals surface area contributed by atoms with Crippen molar-refractivity contribution in [1.82, 2.24) is 15.0 Å². The van der Waals surface area contributed by atoms with Gasteiger partial charge in [-0.15, -0.1) is 0 Å². The van der Waals surface area contributed by atoms with Crippen LogP contribution in [0.2, 0.25) is 0 Å². The standard InChI is InChI=1S/C10H12N4/c1-2-11-10-9(13-6-7-14-10)8-4-3-5-12-8/h3-7,12H,2H2,1H3,(H,11,14). The number of nitrogens with one attached hydrogen (secondary N) is 2. The zero-order valence-corrected chi connectivity index (χ0v) is 7.99. The largest absolute Gasteiger partial charge is 0.368 e. The zero-order chi connectivity index (χ0) is 9.80. The van der Waals surface area contributed by atoms with E-state index in [1.165, 1.54) is 0 Å². The Morgan fingerprint density at radius 2 is 2.21 bits per heavy atom. The average molecular weight is 188 g/mol. The fourth-order valence-electron chi connectivity index (χ4n) is 1.31. The van der Waals surface area contributed by atoms with Crippen LogP contribution in [0.15, 0.2) is 30.7 Å². The third-order valence-electron chi connectivity index (χ3n) is 1.90. The second-order valence-corrected chi connectivity index (χ2v) is 2.87. The molecule has 72 valence electrons. The molecule has 0 radical (unpaired) electrons. The summed E-state index contributed by atoms with van der Waals surface area (Å²) >= 11 is 0. The fraction of sp³-hybridized carbons (Fsp3) is 0.200. The molecule has 0 atom stereocenters. The normalized spacial score (nSPS) is 10.1. The highest BCUT2D eigenvalue weighted by Crippen LogP contribution is 2.20. The summed E-state index contributed by atoms with van der Waals surface area (Å²) < 4.78 is 0. The molecule has 4 heteroatoms. The monoisotopic (exact) mass is 188 g/mol. The maximum atomic E-state index is 4.28. The van der Waals surface area contributed by atoms with Gasteiger partial charge in [0.1, 0.15) is 5.69 Å². The first-order valence-corrected chi connectivity index (χ1v) is 4.60. The lowest BCUT2D eigenvalue weighted by atomic mass is 10.3. The summed E-state index contributed by atoms with van der Waals surface area (Å²) in [6.45, 7) is 2.87. The van der Waals surface area contributed by atoms with E-state index in [1.807, 2.05) is 25.3 Å². The predicted molar refractivity (Wildman–Crippen MR) is 56.0 cm³/mol. The number of nitrogens with zero attached hydrogens (tertiary/aromatic N) is 2. The third kappa shape index (κ3) is 1.59. The van der Waals surface area contributed by atoms with E-state index in [4.69, 9.17) is 0 Å². The topological polar surface area (TPSA) is 53.6 Å².